The van der Waals surface area contributed by atoms with Crippen LogP contribution in [0.3, 0.4) is 0 Å². The number of benzene rings is 1. The number of amides is 1. The second-order valence-electron chi connectivity index (χ2n) is 4.67. The van der Waals surface area contributed by atoms with Gasteiger partial charge in [0.25, 0.3) is 15.9 Å². The van der Waals surface area contributed by atoms with Crippen LogP contribution in [0.1, 0.15) is 10.4 Å². The summed E-state index contributed by atoms with van der Waals surface area (Å²) in [5.74, 6) is -0.973. The van der Waals surface area contributed by atoms with E-state index in [1.807, 2.05) is 0 Å². The van der Waals surface area contributed by atoms with E-state index in [2.05, 4.69) is 20.0 Å². The molecule has 0 atom stereocenters. The molecule has 1 aromatic carbocycles. The molecule has 0 aliphatic carbocycles. The van der Waals surface area contributed by atoms with E-state index in [9.17, 15) is 13.2 Å². The zero-order chi connectivity index (χ0) is 18.4. The summed E-state index contributed by atoms with van der Waals surface area (Å²) < 4.78 is 26.8. The van der Waals surface area contributed by atoms with Crippen molar-refractivity contribution in [3.8, 4) is 0 Å². The standard InChI is InChI=1S/C14H14N6O3S2/c15-13(16)20-25(22,23)11-5-3-10(4-6-11)18-14(24)19-12(21)9-2-1-7-17-8-9/h1-8H,(H4,15,16,20)(H2,18,19,21,24). The number of rotatable bonds is 4. The lowest BCUT2D eigenvalue weighted by molar-refractivity contribution is 0.0977. The van der Waals surface area contributed by atoms with E-state index < -0.39 is 21.9 Å². The summed E-state index contributed by atoms with van der Waals surface area (Å²) in [6, 6.07) is 8.73. The Morgan fingerprint density at radius 2 is 1.84 bits per heavy atom. The molecule has 2 rings (SSSR count). The molecule has 1 amide bonds. The number of carbonyl (C=O) groups is 1. The first-order valence-corrected chi connectivity index (χ1v) is 8.61. The van der Waals surface area contributed by atoms with E-state index in [0.29, 0.717) is 11.3 Å². The minimum atomic E-state index is -3.96. The summed E-state index contributed by atoms with van der Waals surface area (Å²) >= 11 is 5.04. The van der Waals surface area contributed by atoms with Crippen molar-refractivity contribution in [3.63, 3.8) is 0 Å². The molecule has 1 aromatic heterocycles. The van der Waals surface area contributed by atoms with Gasteiger partial charge in [-0.1, -0.05) is 0 Å². The highest BCUT2D eigenvalue weighted by Gasteiger charge is 2.13. The molecule has 0 spiro atoms. The molecule has 0 saturated heterocycles. The first-order chi connectivity index (χ1) is 11.8. The van der Waals surface area contributed by atoms with Crippen molar-refractivity contribution >= 4 is 44.9 Å². The summed E-state index contributed by atoms with van der Waals surface area (Å²) in [4.78, 5) is 15.7. The van der Waals surface area contributed by atoms with Crippen molar-refractivity contribution in [2.75, 3.05) is 5.32 Å². The molecular formula is C14H14N6O3S2. The normalized spacial score (nSPS) is 10.6. The lowest BCUT2D eigenvalue weighted by atomic mass is 10.3. The molecule has 11 heteroatoms. The number of nitrogens with one attached hydrogen (secondary N) is 2. The van der Waals surface area contributed by atoms with Gasteiger partial charge >= 0.3 is 0 Å². The van der Waals surface area contributed by atoms with Gasteiger partial charge < -0.3 is 16.8 Å². The Kier molecular flexibility index (Phi) is 5.62. The number of hydrogen-bond donors (Lipinski definition) is 4. The lowest BCUT2D eigenvalue weighted by Crippen LogP contribution is -2.34. The molecule has 0 radical (unpaired) electrons. The summed E-state index contributed by atoms with van der Waals surface area (Å²) in [6.45, 7) is 0. The molecule has 9 nitrogen and oxygen atoms in total. The van der Waals surface area contributed by atoms with Gasteiger partial charge in [0.05, 0.1) is 10.5 Å². The fraction of sp³-hybridized carbons (Fsp3) is 0. The number of carbonyl (C=O) groups excluding carboxylic acids is 1. The maximum absolute atomic E-state index is 11.9. The summed E-state index contributed by atoms with van der Waals surface area (Å²) in [5.41, 5.74) is 11.0. The van der Waals surface area contributed by atoms with Gasteiger partial charge in [0.2, 0.25) is 5.96 Å². The summed E-state index contributed by atoms with van der Waals surface area (Å²) in [6.07, 6.45) is 2.95. The summed E-state index contributed by atoms with van der Waals surface area (Å²) in [5, 5.41) is 5.29. The van der Waals surface area contributed by atoms with Crippen molar-refractivity contribution in [1.82, 2.24) is 10.3 Å². The minimum Gasteiger partial charge on any atom is -0.369 e. The van der Waals surface area contributed by atoms with E-state index in [1.165, 1.54) is 30.5 Å². The van der Waals surface area contributed by atoms with Crippen molar-refractivity contribution < 1.29 is 13.2 Å². The molecule has 25 heavy (non-hydrogen) atoms. The predicted molar refractivity (Wildman–Crippen MR) is 97.4 cm³/mol. The van der Waals surface area contributed by atoms with Crippen LogP contribution < -0.4 is 22.1 Å². The Balaban J connectivity index is 2.03. The van der Waals surface area contributed by atoms with Gasteiger partial charge in [-0.15, -0.1) is 4.40 Å². The van der Waals surface area contributed by atoms with Gasteiger partial charge in [-0.2, -0.15) is 8.42 Å². The predicted octanol–water partition coefficient (Wildman–Crippen LogP) is 0.171. The third-order valence-electron chi connectivity index (χ3n) is 2.79. The highest BCUT2D eigenvalue weighted by atomic mass is 32.2. The van der Waals surface area contributed by atoms with Gasteiger partial charge in [-0.25, -0.2) is 0 Å². The number of guanidine groups is 1. The number of aromatic nitrogens is 1. The van der Waals surface area contributed by atoms with Crippen LogP contribution in [0, 0.1) is 0 Å². The SMILES string of the molecule is NC(N)=NS(=O)(=O)c1ccc(NC(=S)NC(=O)c2cccnc2)cc1. The van der Waals surface area contributed by atoms with Crippen molar-refractivity contribution in [2.24, 2.45) is 15.9 Å². The molecule has 0 bridgehead atoms. The monoisotopic (exact) mass is 378 g/mol. The molecule has 0 aliphatic rings. The third-order valence-corrected chi connectivity index (χ3v) is 4.31. The highest BCUT2D eigenvalue weighted by molar-refractivity contribution is 7.90. The maximum Gasteiger partial charge on any atom is 0.285 e. The molecule has 1 heterocycles. The number of pyridine rings is 1. The molecule has 0 saturated carbocycles. The second-order valence-corrected chi connectivity index (χ2v) is 6.68. The summed E-state index contributed by atoms with van der Waals surface area (Å²) in [7, 11) is -3.96. The Morgan fingerprint density at radius 3 is 2.40 bits per heavy atom. The molecule has 6 N–H and O–H groups in total. The number of nitrogens with two attached hydrogens (primary N) is 2. The van der Waals surface area contributed by atoms with Crippen molar-refractivity contribution in [3.05, 3.63) is 54.4 Å². The van der Waals surface area contributed by atoms with Crippen LogP contribution in [0.15, 0.2) is 58.1 Å². The lowest BCUT2D eigenvalue weighted by Gasteiger charge is -2.09. The van der Waals surface area contributed by atoms with Crippen LogP contribution in [-0.2, 0) is 10.0 Å². The molecule has 0 aliphatic heterocycles. The number of sulfonamides is 1. The van der Waals surface area contributed by atoms with Gasteiger partial charge in [-0.05, 0) is 48.6 Å². The van der Waals surface area contributed by atoms with Crippen LogP contribution in [0.5, 0.6) is 0 Å². The van der Waals surface area contributed by atoms with Crippen molar-refractivity contribution in [1.29, 1.82) is 0 Å². The van der Waals surface area contributed by atoms with Gasteiger partial charge in [0, 0.05) is 18.1 Å². The maximum atomic E-state index is 11.9. The van der Waals surface area contributed by atoms with Crippen molar-refractivity contribution in [2.45, 2.75) is 4.90 Å². The minimum absolute atomic E-state index is 0.0497. The van der Waals surface area contributed by atoms with E-state index >= 15 is 0 Å². The first kappa shape index (κ1) is 18.3. The Bertz CT molecular complexity index is 907. The zero-order valence-corrected chi connectivity index (χ0v) is 14.3. The van der Waals surface area contributed by atoms with Crippen LogP contribution in [-0.4, -0.2) is 30.4 Å². The molecular weight excluding hydrogens is 364 g/mol. The largest absolute Gasteiger partial charge is 0.369 e. The smallest absolute Gasteiger partial charge is 0.285 e. The van der Waals surface area contributed by atoms with Gasteiger partial charge in [0.1, 0.15) is 0 Å². The molecule has 0 unspecified atom stereocenters. The van der Waals surface area contributed by atoms with E-state index in [0.717, 1.165) is 0 Å². The van der Waals surface area contributed by atoms with Crippen LogP contribution in [0.4, 0.5) is 5.69 Å². The van der Waals surface area contributed by atoms with Crippen LogP contribution >= 0.6 is 12.2 Å². The van der Waals surface area contributed by atoms with E-state index in [-0.39, 0.29) is 10.0 Å². The van der Waals surface area contributed by atoms with Crippen LogP contribution in [0.25, 0.3) is 0 Å². The average molecular weight is 378 g/mol. The Morgan fingerprint density at radius 1 is 1.16 bits per heavy atom. The fourth-order valence-electron chi connectivity index (χ4n) is 1.74. The van der Waals surface area contributed by atoms with E-state index in [4.69, 9.17) is 23.7 Å². The number of anilines is 1. The zero-order valence-electron chi connectivity index (χ0n) is 12.7. The quantitative estimate of drug-likeness (QED) is 0.334. The average Bonchev–Trinajstić information content (AvgIpc) is 2.55. The molecule has 130 valence electrons. The van der Waals surface area contributed by atoms with Crippen LogP contribution in [0.2, 0.25) is 0 Å². The Labute approximate surface area is 149 Å². The molecule has 2 aromatic rings. The molecule has 0 fully saturated rings. The topological polar surface area (TPSA) is 153 Å². The number of nitrogens with zero attached hydrogens (tertiary/aromatic N) is 2. The number of hydrogen-bond acceptors (Lipinski definition) is 5. The second kappa shape index (κ2) is 7.68. The fourth-order valence-corrected chi connectivity index (χ4v) is 2.81. The highest BCUT2D eigenvalue weighted by Crippen LogP contribution is 2.16. The van der Waals surface area contributed by atoms with Gasteiger partial charge in [0.15, 0.2) is 5.11 Å². The van der Waals surface area contributed by atoms with E-state index in [1.54, 1.807) is 18.3 Å². The Hall–Kier alpha value is -3.05. The van der Waals surface area contributed by atoms with Gasteiger partial charge in [-0.3, -0.25) is 15.1 Å². The number of thiocarbonyl (C=S) groups is 1. The first-order valence-electron chi connectivity index (χ1n) is 6.76. The third kappa shape index (κ3) is 5.22.